The van der Waals surface area contributed by atoms with Crippen molar-refractivity contribution in [3.63, 3.8) is 0 Å². The van der Waals surface area contributed by atoms with Gasteiger partial charge in [0, 0.05) is 10.5 Å². The van der Waals surface area contributed by atoms with Crippen molar-refractivity contribution in [2.45, 2.75) is 19.9 Å². The van der Waals surface area contributed by atoms with Gasteiger partial charge >= 0.3 is 0 Å². The van der Waals surface area contributed by atoms with Gasteiger partial charge in [0.1, 0.15) is 5.82 Å². The molecule has 0 fully saturated rings. The molecule has 1 atom stereocenters. The van der Waals surface area contributed by atoms with Crippen molar-refractivity contribution >= 4 is 15.9 Å². The SMILES string of the molecule is CCNC(C)c1cc(F)cc(Br)c1. The lowest BCUT2D eigenvalue weighted by molar-refractivity contribution is 0.582. The monoisotopic (exact) mass is 245 g/mol. The van der Waals surface area contributed by atoms with Crippen LogP contribution >= 0.6 is 15.9 Å². The second-order valence-electron chi connectivity index (χ2n) is 2.98. The summed E-state index contributed by atoms with van der Waals surface area (Å²) in [4.78, 5) is 0. The van der Waals surface area contributed by atoms with E-state index in [1.54, 1.807) is 6.07 Å². The molecule has 72 valence electrons. The molecular formula is C10H13BrFN. The van der Waals surface area contributed by atoms with Crippen molar-refractivity contribution < 1.29 is 4.39 Å². The predicted octanol–water partition coefficient (Wildman–Crippen LogP) is 3.26. The molecule has 0 amide bonds. The number of hydrogen-bond acceptors (Lipinski definition) is 1. The zero-order valence-corrected chi connectivity index (χ0v) is 9.36. The molecule has 1 rings (SSSR count). The fraction of sp³-hybridized carbons (Fsp3) is 0.400. The molecule has 0 heterocycles. The van der Waals surface area contributed by atoms with Gasteiger partial charge in [-0.3, -0.25) is 0 Å². The van der Waals surface area contributed by atoms with E-state index in [4.69, 9.17) is 0 Å². The molecule has 0 aliphatic carbocycles. The van der Waals surface area contributed by atoms with Crippen molar-refractivity contribution in [3.8, 4) is 0 Å². The van der Waals surface area contributed by atoms with E-state index in [0.717, 1.165) is 16.6 Å². The molecule has 1 nitrogen and oxygen atoms in total. The molecule has 0 saturated heterocycles. The highest BCUT2D eigenvalue weighted by Crippen LogP contribution is 2.19. The van der Waals surface area contributed by atoms with Crippen LogP contribution in [0.4, 0.5) is 4.39 Å². The maximum absolute atomic E-state index is 13.0. The molecular weight excluding hydrogens is 233 g/mol. The Bertz CT molecular complexity index is 268. The minimum Gasteiger partial charge on any atom is -0.310 e. The smallest absolute Gasteiger partial charge is 0.124 e. The number of benzene rings is 1. The average Bonchev–Trinajstić information content (AvgIpc) is 2.03. The van der Waals surface area contributed by atoms with Crippen LogP contribution in [0.2, 0.25) is 0 Å². The lowest BCUT2D eigenvalue weighted by Crippen LogP contribution is -2.17. The highest BCUT2D eigenvalue weighted by molar-refractivity contribution is 9.10. The Morgan fingerprint density at radius 1 is 1.46 bits per heavy atom. The molecule has 0 spiro atoms. The number of rotatable bonds is 3. The van der Waals surface area contributed by atoms with E-state index in [9.17, 15) is 4.39 Å². The fourth-order valence-corrected chi connectivity index (χ4v) is 1.73. The topological polar surface area (TPSA) is 12.0 Å². The fourth-order valence-electron chi connectivity index (χ4n) is 1.25. The van der Waals surface area contributed by atoms with Crippen LogP contribution in [-0.4, -0.2) is 6.54 Å². The summed E-state index contributed by atoms with van der Waals surface area (Å²) >= 11 is 3.26. The average molecular weight is 246 g/mol. The van der Waals surface area contributed by atoms with Crippen LogP contribution in [0.5, 0.6) is 0 Å². The van der Waals surface area contributed by atoms with Gasteiger partial charge in [0.05, 0.1) is 0 Å². The Balaban J connectivity index is 2.87. The van der Waals surface area contributed by atoms with Gasteiger partial charge < -0.3 is 5.32 Å². The van der Waals surface area contributed by atoms with E-state index < -0.39 is 0 Å². The van der Waals surface area contributed by atoms with Crippen LogP contribution in [0, 0.1) is 5.82 Å². The molecule has 0 aliphatic heterocycles. The molecule has 0 bridgehead atoms. The van der Waals surface area contributed by atoms with Gasteiger partial charge in [0.2, 0.25) is 0 Å². The second-order valence-corrected chi connectivity index (χ2v) is 3.90. The largest absolute Gasteiger partial charge is 0.310 e. The van der Waals surface area contributed by atoms with Gasteiger partial charge in [0.25, 0.3) is 0 Å². The maximum Gasteiger partial charge on any atom is 0.124 e. The van der Waals surface area contributed by atoms with Crippen LogP contribution in [0.15, 0.2) is 22.7 Å². The molecule has 1 aromatic rings. The van der Waals surface area contributed by atoms with Crippen LogP contribution in [0.3, 0.4) is 0 Å². The first kappa shape index (κ1) is 10.7. The predicted molar refractivity (Wildman–Crippen MR) is 56.2 cm³/mol. The summed E-state index contributed by atoms with van der Waals surface area (Å²) in [7, 11) is 0. The highest BCUT2D eigenvalue weighted by Gasteiger charge is 2.05. The van der Waals surface area contributed by atoms with Crippen LogP contribution < -0.4 is 5.32 Å². The van der Waals surface area contributed by atoms with Gasteiger partial charge in [-0.2, -0.15) is 0 Å². The molecule has 0 aliphatic rings. The summed E-state index contributed by atoms with van der Waals surface area (Å²) < 4.78 is 13.8. The first-order valence-electron chi connectivity index (χ1n) is 4.33. The second kappa shape index (κ2) is 4.72. The van der Waals surface area contributed by atoms with E-state index in [-0.39, 0.29) is 11.9 Å². The normalized spacial score (nSPS) is 12.9. The Labute approximate surface area is 86.5 Å². The molecule has 3 heteroatoms. The third kappa shape index (κ3) is 3.08. The molecule has 0 saturated carbocycles. The summed E-state index contributed by atoms with van der Waals surface area (Å²) in [5.41, 5.74) is 0.966. The molecule has 0 aromatic heterocycles. The number of halogens is 2. The van der Waals surface area contributed by atoms with E-state index >= 15 is 0 Å². The minimum absolute atomic E-state index is 0.192. The van der Waals surface area contributed by atoms with Crippen LogP contribution in [-0.2, 0) is 0 Å². The standard InChI is InChI=1S/C10H13BrFN/c1-3-13-7(2)8-4-9(11)6-10(12)5-8/h4-7,13H,3H2,1-2H3. The molecule has 1 unspecified atom stereocenters. The third-order valence-corrected chi connectivity index (χ3v) is 2.35. The first-order valence-corrected chi connectivity index (χ1v) is 5.12. The van der Waals surface area contributed by atoms with Gasteiger partial charge in [-0.25, -0.2) is 4.39 Å². The number of hydrogen-bond donors (Lipinski definition) is 1. The summed E-state index contributed by atoms with van der Waals surface area (Å²) in [6, 6.07) is 5.13. The lowest BCUT2D eigenvalue weighted by Gasteiger charge is -2.12. The Kier molecular flexibility index (Phi) is 3.88. The van der Waals surface area contributed by atoms with Gasteiger partial charge in [-0.1, -0.05) is 22.9 Å². The zero-order valence-electron chi connectivity index (χ0n) is 7.77. The molecule has 1 aromatic carbocycles. The van der Waals surface area contributed by atoms with Gasteiger partial charge in [0.15, 0.2) is 0 Å². The van der Waals surface area contributed by atoms with Crippen molar-refractivity contribution in [3.05, 3.63) is 34.1 Å². The molecule has 13 heavy (non-hydrogen) atoms. The van der Waals surface area contributed by atoms with Gasteiger partial charge in [-0.05, 0) is 37.2 Å². The Morgan fingerprint density at radius 3 is 2.69 bits per heavy atom. The van der Waals surface area contributed by atoms with E-state index in [1.165, 1.54) is 6.07 Å². The zero-order chi connectivity index (χ0) is 9.84. The molecule has 1 N–H and O–H groups in total. The maximum atomic E-state index is 13.0. The summed E-state index contributed by atoms with van der Waals surface area (Å²) in [6.45, 7) is 4.94. The first-order chi connectivity index (χ1) is 6.13. The van der Waals surface area contributed by atoms with Gasteiger partial charge in [-0.15, -0.1) is 0 Å². The lowest BCUT2D eigenvalue weighted by atomic mass is 10.1. The van der Waals surface area contributed by atoms with E-state index in [0.29, 0.717) is 0 Å². The summed E-state index contributed by atoms with van der Waals surface area (Å²) in [6.07, 6.45) is 0. The van der Waals surface area contributed by atoms with E-state index in [1.807, 2.05) is 19.9 Å². The third-order valence-electron chi connectivity index (χ3n) is 1.90. The number of nitrogens with one attached hydrogen (secondary N) is 1. The molecule has 0 radical (unpaired) electrons. The van der Waals surface area contributed by atoms with Crippen molar-refractivity contribution in [2.75, 3.05) is 6.54 Å². The Morgan fingerprint density at radius 2 is 2.15 bits per heavy atom. The minimum atomic E-state index is -0.200. The van der Waals surface area contributed by atoms with E-state index in [2.05, 4.69) is 21.2 Å². The summed E-state index contributed by atoms with van der Waals surface area (Å²) in [5.74, 6) is -0.200. The summed E-state index contributed by atoms with van der Waals surface area (Å²) in [5, 5.41) is 3.23. The Hall–Kier alpha value is -0.410. The van der Waals surface area contributed by atoms with Crippen molar-refractivity contribution in [1.82, 2.24) is 5.32 Å². The van der Waals surface area contributed by atoms with Crippen molar-refractivity contribution in [1.29, 1.82) is 0 Å². The van der Waals surface area contributed by atoms with Crippen LogP contribution in [0.1, 0.15) is 25.5 Å². The quantitative estimate of drug-likeness (QED) is 0.863. The van der Waals surface area contributed by atoms with Crippen molar-refractivity contribution in [2.24, 2.45) is 0 Å². The highest BCUT2D eigenvalue weighted by atomic mass is 79.9. The van der Waals surface area contributed by atoms with Crippen LogP contribution in [0.25, 0.3) is 0 Å².